The van der Waals surface area contributed by atoms with Gasteiger partial charge in [0.05, 0.1) is 12.3 Å². The topological polar surface area (TPSA) is 79.5 Å². The van der Waals surface area contributed by atoms with Crippen molar-refractivity contribution in [3.05, 3.63) is 59.4 Å². The fourth-order valence-corrected chi connectivity index (χ4v) is 2.26. The SMILES string of the molecule is COCCNc1ccc(CNC(=O)C(=O)Nc2c(C)cccc2F)cc1. The highest BCUT2D eigenvalue weighted by Gasteiger charge is 2.16. The van der Waals surface area contributed by atoms with Gasteiger partial charge in [-0.2, -0.15) is 0 Å². The Morgan fingerprint density at radius 1 is 1.08 bits per heavy atom. The zero-order valence-electron chi connectivity index (χ0n) is 14.8. The van der Waals surface area contributed by atoms with E-state index >= 15 is 0 Å². The molecule has 0 bridgehead atoms. The number of hydrogen-bond donors (Lipinski definition) is 3. The third-order valence-corrected chi connectivity index (χ3v) is 3.71. The maximum absolute atomic E-state index is 13.7. The lowest BCUT2D eigenvalue weighted by atomic mass is 10.2. The normalized spacial score (nSPS) is 10.3. The van der Waals surface area contributed by atoms with Crippen LogP contribution < -0.4 is 16.0 Å². The number of para-hydroxylation sites is 1. The lowest BCUT2D eigenvalue weighted by Crippen LogP contribution is -2.35. The van der Waals surface area contributed by atoms with Gasteiger partial charge in [0.25, 0.3) is 0 Å². The summed E-state index contributed by atoms with van der Waals surface area (Å²) in [6.45, 7) is 3.15. The quantitative estimate of drug-likeness (QED) is 0.524. The summed E-state index contributed by atoms with van der Waals surface area (Å²) in [6.07, 6.45) is 0. The van der Waals surface area contributed by atoms with E-state index in [1.807, 2.05) is 24.3 Å². The van der Waals surface area contributed by atoms with E-state index in [4.69, 9.17) is 4.74 Å². The van der Waals surface area contributed by atoms with Gasteiger partial charge in [0.15, 0.2) is 0 Å². The lowest BCUT2D eigenvalue weighted by Gasteiger charge is -2.10. The third-order valence-electron chi connectivity index (χ3n) is 3.71. The summed E-state index contributed by atoms with van der Waals surface area (Å²) in [6, 6.07) is 11.8. The van der Waals surface area contributed by atoms with Crippen LogP contribution in [-0.4, -0.2) is 32.1 Å². The fraction of sp³-hybridized carbons (Fsp3) is 0.263. The van der Waals surface area contributed by atoms with Gasteiger partial charge in [0.1, 0.15) is 5.82 Å². The van der Waals surface area contributed by atoms with E-state index in [2.05, 4.69) is 16.0 Å². The zero-order valence-corrected chi connectivity index (χ0v) is 14.8. The molecular weight excluding hydrogens is 337 g/mol. The van der Waals surface area contributed by atoms with Crippen molar-refractivity contribution in [1.82, 2.24) is 5.32 Å². The minimum absolute atomic E-state index is 0.0131. The molecule has 0 aliphatic rings. The van der Waals surface area contributed by atoms with Crippen LogP contribution in [0.15, 0.2) is 42.5 Å². The van der Waals surface area contributed by atoms with Gasteiger partial charge in [-0.3, -0.25) is 9.59 Å². The molecule has 0 aromatic heterocycles. The van der Waals surface area contributed by atoms with Crippen LogP contribution in [0, 0.1) is 12.7 Å². The van der Waals surface area contributed by atoms with E-state index in [-0.39, 0.29) is 12.2 Å². The highest BCUT2D eigenvalue weighted by atomic mass is 19.1. The zero-order chi connectivity index (χ0) is 18.9. The molecule has 2 rings (SSSR count). The number of ether oxygens (including phenoxy) is 1. The number of anilines is 2. The molecule has 0 saturated carbocycles. The van der Waals surface area contributed by atoms with Crippen molar-refractivity contribution >= 4 is 23.2 Å². The first-order valence-corrected chi connectivity index (χ1v) is 8.17. The second-order valence-electron chi connectivity index (χ2n) is 5.69. The van der Waals surface area contributed by atoms with Crippen LogP contribution in [0.25, 0.3) is 0 Å². The Morgan fingerprint density at radius 2 is 1.81 bits per heavy atom. The lowest BCUT2D eigenvalue weighted by molar-refractivity contribution is -0.136. The molecule has 6 nitrogen and oxygen atoms in total. The van der Waals surface area contributed by atoms with E-state index in [1.165, 1.54) is 12.1 Å². The van der Waals surface area contributed by atoms with Gasteiger partial charge in [-0.15, -0.1) is 0 Å². The summed E-state index contributed by atoms with van der Waals surface area (Å²) in [5, 5.41) is 8.00. The second-order valence-corrected chi connectivity index (χ2v) is 5.69. The number of nitrogens with one attached hydrogen (secondary N) is 3. The maximum atomic E-state index is 13.7. The van der Waals surface area contributed by atoms with Crippen LogP contribution in [0.2, 0.25) is 0 Å². The minimum Gasteiger partial charge on any atom is -0.383 e. The minimum atomic E-state index is -0.906. The van der Waals surface area contributed by atoms with Crippen molar-refractivity contribution in [3.63, 3.8) is 0 Å². The Bertz CT molecular complexity index is 743. The standard InChI is InChI=1S/C19H22FN3O3/c1-13-4-3-5-16(20)17(13)23-19(25)18(24)22-12-14-6-8-15(9-7-14)21-10-11-26-2/h3-9,21H,10-12H2,1-2H3,(H,22,24)(H,23,25). The molecule has 2 aromatic rings. The molecule has 0 spiro atoms. The Hall–Kier alpha value is -2.93. The highest BCUT2D eigenvalue weighted by Crippen LogP contribution is 2.18. The number of aryl methyl sites for hydroxylation is 1. The number of carbonyl (C=O) groups excluding carboxylic acids is 2. The van der Waals surface area contributed by atoms with Gasteiger partial charge in [0, 0.05) is 25.9 Å². The molecule has 0 fully saturated rings. The molecule has 0 unspecified atom stereocenters. The van der Waals surface area contributed by atoms with E-state index in [1.54, 1.807) is 20.1 Å². The van der Waals surface area contributed by atoms with Crippen molar-refractivity contribution in [3.8, 4) is 0 Å². The Morgan fingerprint density at radius 3 is 2.46 bits per heavy atom. The van der Waals surface area contributed by atoms with Crippen molar-refractivity contribution in [2.45, 2.75) is 13.5 Å². The number of rotatable bonds is 7. The number of hydrogen-bond acceptors (Lipinski definition) is 4. The summed E-state index contributed by atoms with van der Waals surface area (Å²) in [5.74, 6) is -2.31. The fourth-order valence-electron chi connectivity index (χ4n) is 2.26. The molecule has 138 valence electrons. The van der Waals surface area contributed by atoms with E-state index in [0.29, 0.717) is 18.7 Å². The third kappa shape index (κ3) is 5.56. The molecule has 0 atom stereocenters. The molecule has 0 radical (unpaired) electrons. The average Bonchev–Trinajstić information content (AvgIpc) is 2.64. The van der Waals surface area contributed by atoms with E-state index < -0.39 is 17.6 Å². The van der Waals surface area contributed by atoms with Gasteiger partial charge >= 0.3 is 11.8 Å². The Kier molecular flexibility index (Phi) is 7.11. The van der Waals surface area contributed by atoms with Crippen LogP contribution >= 0.6 is 0 Å². The van der Waals surface area contributed by atoms with Crippen LogP contribution in [0.3, 0.4) is 0 Å². The first kappa shape index (κ1) is 19.4. The van der Waals surface area contributed by atoms with Gasteiger partial charge in [-0.25, -0.2) is 4.39 Å². The molecule has 0 aliphatic carbocycles. The highest BCUT2D eigenvalue weighted by molar-refractivity contribution is 6.39. The molecule has 0 aliphatic heterocycles. The molecule has 0 heterocycles. The smallest absolute Gasteiger partial charge is 0.313 e. The summed E-state index contributed by atoms with van der Waals surface area (Å²) < 4.78 is 18.7. The van der Waals surface area contributed by atoms with Gasteiger partial charge < -0.3 is 20.7 Å². The monoisotopic (exact) mass is 359 g/mol. The maximum Gasteiger partial charge on any atom is 0.313 e. The van der Waals surface area contributed by atoms with E-state index in [0.717, 1.165) is 11.3 Å². The van der Waals surface area contributed by atoms with Crippen LogP contribution in [0.5, 0.6) is 0 Å². The summed E-state index contributed by atoms with van der Waals surface area (Å²) in [7, 11) is 1.64. The predicted octanol–water partition coefficient (Wildman–Crippen LogP) is 2.45. The van der Waals surface area contributed by atoms with Crippen molar-refractivity contribution in [2.24, 2.45) is 0 Å². The van der Waals surface area contributed by atoms with Crippen molar-refractivity contribution in [2.75, 3.05) is 30.9 Å². The summed E-state index contributed by atoms with van der Waals surface area (Å²) >= 11 is 0. The number of halogens is 1. The van der Waals surface area contributed by atoms with Crippen molar-refractivity contribution in [1.29, 1.82) is 0 Å². The Balaban J connectivity index is 1.85. The average molecular weight is 359 g/mol. The number of amides is 2. The van der Waals surface area contributed by atoms with Gasteiger partial charge in [-0.05, 0) is 36.2 Å². The van der Waals surface area contributed by atoms with Crippen molar-refractivity contribution < 1.29 is 18.7 Å². The first-order chi connectivity index (χ1) is 12.5. The largest absolute Gasteiger partial charge is 0.383 e. The molecule has 2 amide bonds. The molecule has 0 saturated heterocycles. The number of methoxy groups -OCH3 is 1. The first-order valence-electron chi connectivity index (χ1n) is 8.17. The van der Waals surface area contributed by atoms with Crippen LogP contribution in [-0.2, 0) is 20.9 Å². The molecule has 26 heavy (non-hydrogen) atoms. The Labute approximate surface area is 151 Å². The van der Waals surface area contributed by atoms with Gasteiger partial charge in [0.2, 0.25) is 0 Å². The molecule has 7 heteroatoms. The van der Waals surface area contributed by atoms with Gasteiger partial charge in [-0.1, -0.05) is 24.3 Å². The second kappa shape index (κ2) is 9.53. The van der Waals surface area contributed by atoms with Crippen LogP contribution in [0.1, 0.15) is 11.1 Å². The summed E-state index contributed by atoms with van der Waals surface area (Å²) in [5.41, 5.74) is 2.33. The summed E-state index contributed by atoms with van der Waals surface area (Å²) in [4.78, 5) is 23.8. The predicted molar refractivity (Wildman–Crippen MR) is 98.4 cm³/mol. The van der Waals surface area contributed by atoms with Crippen LogP contribution in [0.4, 0.5) is 15.8 Å². The molecule has 3 N–H and O–H groups in total. The molecular formula is C19H22FN3O3. The van der Waals surface area contributed by atoms with E-state index in [9.17, 15) is 14.0 Å². The molecule has 2 aromatic carbocycles. The number of benzene rings is 2. The number of carbonyl (C=O) groups is 2.